The van der Waals surface area contributed by atoms with Crippen LogP contribution in [0.5, 0.6) is 0 Å². The van der Waals surface area contributed by atoms with Gasteiger partial charge < -0.3 is 60.2 Å². The number of hydrogen-bond donors (Lipinski definition) is 9. The van der Waals surface area contributed by atoms with Crippen LogP contribution in [0.25, 0.3) is 0 Å². The molecule has 8 fully saturated rings. The topological polar surface area (TPSA) is 213 Å². The van der Waals surface area contributed by atoms with Gasteiger partial charge in [0.05, 0.1) is 23.9 Å². The van der Waals surface area contributed by atoms with Crippen molar-refractivity contribution in [3.63, 3.8) is 0 Å². The third-order valence-electron chi connectivity index (χ3n) is 15.0. The van der Waals surface area contributed by atoms with Crippen molar-refractivity contribution in [2.24, 2.45) is 40.9 Å². The van der Waals surface area contributed by atoms with Crippen molar-refractivity contribution in [2.75, 3.05) is 19.7 Å². The number of piperidine rings is 2. The van der Waals surface area contributed by atoms with Crippen molar-refractivity contribution in [1.82, 2.24) is 4.90 Å². The normalized spacial score (nSPS) is 64.3. The average Bonchev–Trinajstić information content (AvgIpc) is 3.25. The SMILES string of the molecule is C[C@H]1CC[C@@H]2N(C1)C[C@@H]1[C@H]([C@@H](O)[C@H](O)[C@]3(O)[C@H]1C[C@]14O[C@]5(O)[C@@H](O[C@@H]6O[C@H](CO)[C@@H](O)[C@H](O)[C@H]6O)CC[C@@]1(C)[C@@H]5CC[C@@H]34)[C@]2(C)O. The summed E-state index contributed by atoms with van der Waals surface area (Å²) in [6.07, 6.45) is -7.38. The van der Waals surface area contributed by atoms with E-state index < -0.39 is 107 Å². The molecule has 46 heavy (non-hydrogen) atoms. The number of ether oxygens (including phenoxy) is 3. The van der Waals surface area contributed by atoms with Gasteiger partial charge in [-0.1, -0.05) is 13.8 Å². The van der Waals surface area contributed by atoms with Crippen LogP contribution in [0.1, 0.15) is 65.7 Å². The minimum Gasteiger partial charge on any atom is -0.394 e. The summed E-state index contributed by atoms with van der Waals surface area (Å²) in [6.45, 7) is 6.84. The standard InChI is InChI=1S/C33H53NO12/c1-14-4-7-20-30(3,41)22-15(12-34(20)11-14)16-10-31-19(32(16,42)27(40)24(22)37)6-5-18-29(31,2)9-8-21(33(18,43)46-31)45-28-26(39)25(38)23(36)17(13-35)44-28/h14-28,35-43H,4-13H2,1-3H3/t14-,15-,16-,17+,18-,19+,20-,21-,22+,23+,24+,25-,26+,27-,28-,29-,30+,31+,32-,33-/m0/s1. The molecule has 9 N–H and O–H groups in total. The molecule has 4 aliphatic heterocycles. The molecular formula is C33H53NO12. The number of rotatable bonds is 3. The van der Waals surface area contributed by atoms with Crippen LogP contribution in [0, 0.1) is 40.9 Å². The van der Waals surface area contributed by atoms with Crippen molar-refractivity contribution in [3.8, 4) is 0 Å². The van der Waals surface area contributed by atoms with E-state index >= 15 is 0 Å². The van der Waals surface area contributed by atoms with Crippen LogP contribution in [0.2, 0.25) is 0 Å². The Hall–Kier alpha value is -0.520. The van der Waals surface area contributed by atoms with E-state index in [1.165, 1.54) is 0 Å². The summed E-state index contributed by atoms with van der Waals surface area (Å²) in [7, 11) is 0. The van der Waals surface area contributed by atoms with E-state index in [1.807, 2.05) is 0 Å². The molecule has 20 atom stereocenters. The van der Waals surface area contributed by atoms with Crippen LogP contribution < -0.4 is 0 Å². The Morgan fingerprint density at radius 3 is 2.28 bits per heavy atom. The molecule has 8 aliphatic rings. The fraction of sp³-hybridized carbons (Fsp3) is 1.00. The fourth-order valence-corrected chi connectivity index (χ4v) is 12.9. The Morgan fingerprint density at radius 1 is 0.848 bits per heavy atom. The summed E-state index contributed by atoms with van der Waals surface area (Å²) in [5.74, 6) is -3.87. The lowest BCUT2D eigenvalue weighted by Gasteiger charge is -2.63. The Bertz CT molecular complexity index is 1220. The van der Waals surface area contributed by atoms with Gasteiger partial charge in [-0.3, -0.25) is 4.90 Å². The number of hydrogen-bond acceptors (Lipinski definition) is 13. The maximum absolute atomic E-state index is 12.8. The van der Waals surface area contributed by atoms with Crippen LogP contribution in [0.15, 0.2) is 0 Å². The Balaban J connectivity index is 1.14. The van der Waals surface area contributed by atoms with Crippen LogP contribution >= 0.6 is 0 Å². The minimum absolute atomic E-state index is 0.148. The number of nitrogens with zero attached hydrogens (tertiary/aromatic N) is 1. The van der Waals surface area contributed by atoms with Crippen molar-refractivity contribution < 1.29 is 60.2 Å². The van der Waals surface area contributed by atoms with E-state index in [2.05, 4.69) is 18.7 Å². The second kappa shape index (κ2) is 10.3. The second-order valence-corrected chi connectivity index (χ2v) is 16.9. The summed E-state index contributed by atoms with van der Waals surface area (Å²) in [4.78, 5) is 2.32. The first-order chi connectivity index (χ1) is 21.6. The van der Waals surface area contributed by atoms with Gasteiger partial charge in [0, 0.05) is 42.3 Å². The molecule has 0 amide bonds. The molecule has 4 bridgehead atoms. The van der Waals surface area contributed by atoms with Crippen molar-refractivity contribution in [2.45, 2.75) is 143 Å². The Kier molecular flexibility index (Phi) is 7.30. The molecule has 4 saturated heterocycles. The van der Waals surface area contributed by atoms with Crippen molar-refractivity contribution in [3.05, 3.63) is 0 Å². The van der Waals surface area contributed by atoms with Gasteiger partial charge in [-0.25, -0.2) is 0 Å². The predicted molar refractivity (Wildman–Crippen MR) is 157 cm³/mol. The van der Waals surface area contributed by atoms with Crippen molar-refractivity contribution >= 4 is 0 Å². The van der Waals surface area contributed by atoms with Crippen LogP contribution in [0.3, 0.4) is 0 Å². The highest BCUT2D eigenvalue weighted by Crippen LogP contribution is 2.77. The molecule has 0 aromatic rings. The molecule has 4 aliphatic carbocycles. The van der Waals surface area contributed by atoms with E-state index in [4.69, 9.17) is 14.2 Å². The summed E-state index contributed by atoms with van der Waals surface area (Å²) < 4.78 is 18.7. The zero-order valence-corrected chi connectivity index (χ0v) is 26.9. The van der Waals surface area contributed by atoms with Crippen molar-refractivity contribution in [1.29, 1.82) is 0 Å². The molecule has 262 valence electrons. The van der Waals surface area contributed by atoms with Gasteiger partial charge in [0.1, 0.15) is 42.2 Å². The Morgan fingerprint density at radius 2 is 1.57 bits per heavy atom. The maximum atomic E-state index is 12.8. The highest BCUT2D eigenvalue weighted by molar-refractivity contribution is 5.32. The molecular weight excluding hydrogens is 602 g/mol. The maximum Gasteiger partial charge on any atom is 0.196 e. The van der Waals surface area contributed by atoms with Gasteiger partial charge in [-0.15, -0.1) is 0 Å². The highest BCUT2D eigenvalue weighted by Gasteiger charge is 2.85. The third-order valence-corrected chi connectivity index (χ3v) is 15.0. The van der Waals surface area contributed by atoms with Gasteiger partial charge in [-0.05, 0) is 69.6 Å². The van der Waals surface area contributed by atoms with E-state index in [0.29, 0.717) is 44.6 Å². The minimum atomic E-state index is -1.85. The smallest absolute Gasteiger partial charge is 0.196 e. The summed E-state index contributed by atoms with van der Waals surface area (Å²) >= 11 is 0. The van der Waals surface area contributed by atoms with Gasteiger partial charge in [-0.2, -0.15) is 0 Å². The zero-order valence-electron chi connectivity index (χ0n) is 26.9. The number of aliphatic hydroxyl groups is 9. The first-order valence-electron chi connectivity index (χ1n) is 17.5. The van der Waals surface area contributed by atoms with Crippen LogP contribution in [0.4, 0.5) is 0 Å². The first kappa shape index (κ1) is 32.7. The molecule has 13 heteroatoms. The number of fused-ring (bicyclic) bond motifs is 5. The highest BCUT2D eigenvalue weighted by atomic mass is 16.7. The van der Waals surface area contributed by atoms with E-state index in [0.717, 1.165) is 19.4 Å². The van der Waals surface area contributed by atoms with E-state index in [1.54, 1.807) is 6.92 Å². The van der Waals surface area contributed by atoms with E-state index in [-0.39, 0.29) is 12.0 Å². The fourth-order valence-electron chi connectivity index (χ4n) is 12.9. The molecule has 0 aromatic heterocycles. The molecule has 4 saturated carbocycles. The van der Waals surface area contributed by atoms with Crippen LogP contribution in [-0.2, 0) is 14.2 Å². The molecule has 1 spiro atoms. The lowest BCUT2D eigenvalue weighted by Crippen LogP contribution is -2.76. The Labute approximate surface area is 269 Å². The lowest BCUT2D eigenvalue weighted by atomic mass is 9.49. The molecule has 0 aromatic carbocycles. The monoisotopic (exact) mass is 655 g/mol. The summed E-state index contributed by atoms with van der Waals surface area (Å²) in [6, 6.07) is -0.148. The lowest BCUT2D eigenvalue weighted by molar-refractivity contribution is -0.358. The molecule has 0 radical (unpaired) electrons. The largest absolute Gasteiger partial charge is 0.394 e. The van der Waals surface area contributed by atoms with Gasteiger partial charge in [0.15, 0.2) is 12.1 Å². The van der Waals surface area contributed by atoms with Gasteiger partial charge in [0.2, 0.25) is 0 Å². The molecule has 4 heterocycles. The molecule has 8 rings (SSSR count). The zero-order chi connectivity index (χ0) is 32.9. The summed E-state index contributed by atoms with van der Waals surface area (Å²) in [5.41, 5.74) is -4.67. The quantitative estimate of drug-likeness (QED) is 0.151. The van der Waals surface area contributed by atoms with Crippen LogP contribution in [-0.4, -0.2) is 148 Å². The molecule has 13 nitrogen and oxygen atoms in total. The third kappa shape index (κ3) is 3.81. The first-order valence-corrected chi connectivity index (χ1v) is 17.5. The van der Waals surface area contributed by atoms with E-state index in [9.17, 15) is 46.0 Å². The number of aliphatic hydroxyl groups excluding tert-OH is 6. The van der Waals surface area contributed by atoms with Gasteiger partial charge in [0.25, 0.3) is 0 Å². The predicted octanol–water partition coefficient (Wildman–Crippen LogP) is -1.96. The second-order valence-electron chi connectivity index (χ2n) is 16.9. The average molecular weight is 656 g/mol. The van der Waals surface area contributed by atoms with Gasteiger partial charge >= 0.3 is 0 Å². The summed E-state index contributed by atoms with van der Waals surface area (Å²) in [5, 5.41) is 102. The molecule has 0 unspecified atom stereocenters.